The zero-order chi connectivity index (χ0) is 26.2. The molecule has 5 rings (SSSR count). The Kier molecular flexibility index (Phi) is 6.74. The van der Waals surface area contributed by atoms with Crippen LogP contribution < -0.4 is 0 Å². The number of hydrogen-bond acceptors (Lipinski definition) is 6. The van der Waals surface area contributed by atoms with E-state index < -0.39 is 22.4 Å². The summed E-state index contributed by atoms with van der Waals surface area (Å²) in [7, 11) is -3.10. The van der Waals surface area contributed by atoms with Gasteiger partial charge in [0.2, 0.25) is 5.78 Å². The minimum absolute atomic E-state index is 0.0139. The molecule has 0 bridgehead atoms. The Bertz CT molecular complexity index is 1640. The Morgan fingerprint density at radius 3 is 2.62 bits per heavy atom. The first-order valence-electron chi connectivity index (χ1n) is 11.7. The van der Waals surface area contributed by atoms with Crippen LogP contribution in [0.1, 0.15) is 34.1 Å². The summed E-state index contributed by atoms with van der Waals surface area (Å²) in [5, 5.41) is 5.38. The molecule has 37 heavy (non-hydrogen) atoms. The molecule has 1 aliphatic heterocycles. The van der Waals surface area contributed by atoms with E-state index in [2.05, 4.69) is 10.1 Å². The van der Waals surface area contributed by atoms with Gasteiger partial charge in [0.05, 0.1) is 34.5 Å². The molecule has 8 nitrogen and oxygen atoms in total. The highest BCUT2D eigenvalue weighted by Gasteiger charge is 2.31. The van der Waals surface area contributed by atoms with E-state index >= 15 is 0 Å². The van der Waals surface area contributed by atoms with Gasteiger partial charge in [0, 0.05) is 22.5 Å². The average Bonchev–Trinajstić information content (AvgIpc) is 3.54. The minimum atomic E-state index is -3.10. The number of esters is 1. The Morgan fingerprint density at radius 1 is 1.16 bits per heavy atom. The molecule has 1 unspecified atom stereocenters. The number of nitrogens with one attached hydrogen (secondary N) is 1. The summed E-state index contributed by atoms with van der Waals surface area (Å²) in [6.45, 7) is 1.29. The van der Waals surface area contributed by atoms with Gasteiger partial charge in [-0.25, -0.2) is 17.9 Å². The largest absolute Gasteiger partial charge is 0.454 e. The summed E-state index contributed by atoms with van der Waals surface area (Å²) >= 11 is 6.46. The van der Waals surface area contributed by atoms with Crippen molar-refractivity contribution >= 4 is 50.2 Å². The number of carbonyl (C=O) groups is 2. The number of aromatic amines is 1. The molecule has 4 aromatic rings. The SMILES string of the molecule is Cc1nn(C2CCS(=O)(=O)C2)c(Cl)c1C=CC(=O)OCC(=O)c1c(-c2ccccc2)[nH]c2ccccc12. The van der Waals surface area contributed by atoms with Gasteiger partial charge in [0.25, 0.3) is 0 Å². The van der Waals surface area contributed by atoms with Gasteiger partial charge in [-0.3, -0.25) is 4.79 Å². The van der Waals surface area contributed by atoms with Crippen molar-refractivity contribution in [2.45, 2.75) is 19.4 Å². The van der Waals surface area contributed by atoms with Crippen molar-refractivity contribution in [2.24, 2.45) is 0 Å². The van der Waals surface area contributed by atoms with Gasteiger partial charge in [-0.2, -0.15) is 5.10 Å². The van der Waals surface area contributed by atoms with Crippen LogP contribution in [0.15, 0.2) is 60.7 Å². The fourth-order valence-electron chi connectivity index (χ4n) is 4.59. The highest BCUT2D eigenvalue weighted by atomic mass is 35.5. The summed E-state index contributed by atoms with van der Waals surface area (Å²) in [5.41, 5.74) is 3.85. The maximum absolute atomic E-state index is 13.2. The van der Waals surface area contributed by atoms with Gasteiger partial charge in [-0.05, 0) is 31.1 Å². The molecule has 1 N–H and O–H groups in total. The van der Waals surface area contributed by atoms with E-state index in [4.69, 9.17) is 16.3 Å². The first kappa shape index (κ1) is 25.0. The number of H-pyrrole nitrogens is 1. The number of halogens is 1. The van der Waals surface area contributed by atoms with E-state index in [1.54, 1.807) is 6.92 Å². The van der Waals surface area contributed by atoms with Crippen molar-refractivity contribution < 1.29 is 22.7 Å². The summed E-state index contributed by atoms with van der Waals surface area (Å²) in [6.07, 6.45) is 3.10. The monoisotopic (exact) mass is 537 g/mol. The zero-order valence-electron chi connectivity index (χ0n) is 20.0. The van der Waals surface area contributed by atoms with Crippen LogP contribution in [0.25, 0.3) is 28.2 Å². The van der Waals surface area contributed by atoms with Crippen molar-refractivity contribution in [3.63, 3.8) is 0 Å². The van der Waals surface area contributed by atoms with Gasteiger partial charge < -0.3 is 9.72 Å². The molecule has 190 valence electrons. The molecule has 0 radical (unpaired) electrons. The Balaban J connectivity index is 1.31. The molecule has 1 fully saturated rings. The van der Waals surface area contributed by atoms with Crippen LogP contribution in [0.5, 0.6) is 0 Å². The van der Waals surface area contributed by atoms with Crippen molar-refractivity contribution in [3.05, 3.63) is 82.6 Å². The number of fused-ring (bicyclic) bond motifs is 1. The second kappa shape index (κ2) is 9.99. The summed E-state index contributed by atoms with van der Waals surface area (Å²) < 4.78 is 30.4. The van der Waals surface area contributed by atoms with Crippen LogP contribution in [0.2, 0.25) is 5.15 Å². The number of benzene rings is 2. The number of ketones is 1. The van der Waals surface area contributed by atoms with Crippen LogP contribution in [0.3, 0.4) is 0 Å². The molecular formula is C27H24ClN3O5S. The van der Waals surface area contributed by atoms with Crippen molar-refractivity contribution in [2.75, 3.05) is 18.1 Å². The minimum Gasteiger partial charge on any atom is -0.454 e. The maximum atomic E-state index is 13.2. The maximum Gasteiger partial charge on any atom is 0.331 e. The number of ether oxygens (including phenoxy) is 1. The van der Waals surface area contributed by atoms with Gasteiger partial charge >= 0.3 is 5.97 Å². The molecule has 0 saturated carbocycles. The molecule has 0 amide bonds. The number of carbonyl (C=O) groups excluding carboxylic acids is 2. The van der Waals surface area contributed by atoms with Gasteiger partial charge in [0.15, 0.2) is 16.4 Å². The second-order valence-electron chi connectivity index (χ2n) is 8.94. The van der Waals surface area contributed by atoms with E-state index in [9.17, 15) is 18.0 Å². The number of aryl methyl sites for hydroxylation is 1. The lowest BCUT2D eigenvalue weighted by atomic mass is 10.0. The number of aromatic nitrogens is 3. The van der Waals surface area contributed by atoms with Crippen molar-refractivity contribution in [1.29, 1.82) is 0 Å². The number of nitrogens with zero attached hydrogens (tertiary/aromatic N) is 2. The molecule has 10 heteroatoms. The van der Waals surface area contributed by atoms with Crippen LogP contribution >= 0.6 is 11.6 Å². The van der Waals surface area contributed by atoms with Gasteiger partial charge in [-0.1, -0.05) is 60.1 Å². The van der Waals surface area contributed by atoms with E-state index in [1.807, 2.05) is 54.6 Å². The summed E-state index contributed by atoms with van der Waals surface area (Å²) in [6, 6.07) is 16.6. The molecule has 1 atom stereocenters. The van der Waals surface area contributed by atoms with Crippen LogP contribution in [-0.4, -0.2) is 53.0 Å². The fourth-order valence-corrected chi connectivity index (χ4v) is 6.66. The summed E-state index contributed by atoms with van der Waals surface area (Å²) in [5.74, 6) is -0.954. The Labute approximate surface area is 218 Å². The average molecular weight is 538 g/mol. The first-order chi connectivity index (χ1) is 17.7. The van der Waals surface area contributed by atoms with E-state index in [0.29, 0.717) is 28.9 Å². The van der Waals surface area contributed by atoms with Crippen LogP contribution in [0, 0.1) is 6.92 Å². The van der Waals surface area contributed by atoms with Gasteiger partial charge in [-0.15, -0.1) is 0 Å². The second-order valence-corrected chi connectivity index (χ2v) is 11.5. The Hall–Kier alpha value is -3.69. The molecule has 3 heterocycles. The molecule has 0 spiro atoms. The Morgan fingerprint density at radius 2 is 1.89 bits per heavy atom. The van der Waals surface area contributed by atoms with Crippen molar-refractivity contribution in [3.8, 4) is 11.3 Å². The van der Waals surface area contributed by atoms with Gasteiger partial charge in [0.1, 0.15) is 5.15 Å². The lowest BCUT2D eigenvalue weighted by molar-refractivity contribution is -0.136. The quantitative estimate of drug-likeness (QED) is 0.206. The molecule has 1 saturated heterocycles. The predicted molar refractivity (Wildman–Crippen MR) is 142 cm³/mol. The topological polar surface area (TPSA) is 111 Å². The lowest BCUT2D eigenvalue weighted by Gasteiger charge is -2.09. The highest BCUT2D eigenvalue weighted by Crippen LogP contribution is 2.32. The third-order valence-electron chi connectivity index (χ3n) is 6.40. The smallest absolute Gasteiger partial charge is 0.331 e. The summed E-state index contributed by atoms with van der Waals surface area (Å²) in [4.78, 5) is 29.0. The number of hydrogen-bond donors (Lipinski definition) is 1. The van der Waals surface area contributed by atoms with E-state index in [1.165, 1.54) is 16.8 Å². The number of sulfone groups is 1. The van der Waals surface area contributed by atoms with E-state index in [0.717, 1.165) is 16.5 Å². The highest BCUT2D eigenvalue weighted by molar-refractivity contribution is 7.91. The number of para-hydroxylation sites is 1. The zero-order valence-corrected chi connectivity index (χ0v) is 21.6. The lowest BCUT2D eigenvalue weighted by Crippen LogP contribution is -2.13. The standard InChI is InChI=1S/C27H24ClN3O5S/c1-17-20(27(28)31(30-17)19-13-14-37(34,35)16-19)11-12-24(33)36-15-23(32)25-21-9-5-6-10-22(21)29-26(25)18-7-3-2-4-8-18/h2-12,19,29H,13-16H2,1H3. The third kappa shape index (κ3) is 5.10. The first-order valence-corrected chi connectivity index (χ1v) is 13.9. The molecule has 0 aliphatic carbocycles. The van der Waals surface area contributed by atoms with Crippen LogP contribution in [-0.2, 0) is 19.4 Å². The normalized spacial score (nSPS) is 17.0. The van der Waals surface area contributed by atoms with E-state index in [-0.39, 0.29) is 28.5 Å². The molecule has 2 aromatic heterocycles. The van der Waals surface area contributed by atoms with Crippen LogP contribution in [0.4, 0.5) is 0 Å². The molecule has 1 aliphatic rings. The molecular weight excluding hydrogens is 514 g/mol. The predicted octanol–water partition coefficient (Wildman–Crippen LogP) is 4.79. The number of Topliss-reactive ketones (excluding diaryl/α,β-unsaturated/α-hetero) is 1. The third-order valence-corrected chi connectivity index (χ3v) is 8.53. The fraction of sp³-hybridized carbons (Fsp3) is 0.222. The number of rotatable bonds is 7. The van der Waals surface area contributed by atoms with Crippen molar-refractivity contribution in [1.82, 2.24) is 14.8 Å². The molecule has 2 aromatic carbocycles.